The van der Waals surface area contributed by atoms with Gasteiger partial charge in [-0.1, -0.05) is 26.8 Å². The highest BCUT2D eigenvalue weighted by Gasteiger charge is 2.20. The van der Waals surface area contributed by atoms with Gasteiger partial charge in [-0.05, 0) is 36.5 Å². The van der Waals surface area contributed by atoms with E-state index in [9.17, 15) is 5.11 Å². The highest BCUT2D eigenvalue weighted by atomic mass is 16.3. The monoisotopic (exact) mass is 178 g/mol. The van der Waals surface area contributed by atoms with E-state index in [2.05, 4.69) is 26.8 Å². The fourth-order valence-corrected chi connectivity index (χ4v) is 1.92. The zero-order chi connectivity index (χ0) is 10.2. The van der Waals surface area contributed by atoms with Gasteiger partial charge in [0.1, 0.15) is 5.75 Å². The summed E-state index contributed by atoms with van der Waals surface area (Å²) in [6.45, 7) is 10.4. The molecule has 0 saturated heterocycles. The normalized spacial score (nSPS) is 11.8. The molecule has 13 heavy (non-hydrogen) atoms. The minimum atomic E-state index is 0.0157. The van der Waals surface area contributed by atoms with E-state index in [0.717, 1.165) is 11.1 Å². The number of phenolic OH excluding ortho intramolecular Hbond substituents is 1. The lowest BCUT2D eigenvalue weighted by Crippen LogP contribution is -2.13. The van der Waals surface area contributed by atoms with Crippen LogP contribution in [0.1, 0.15) is 37.5 Å². The molecule has 0 aliphatic rings. The average molecular weight is 178 g/mol. The lowest BCUT2D eigenvalue weighted by Gasteiger charge is -2.23. The zero-order valence-corrected chi connectivity index (χ0v) is 9.10. The predicted octanol–water partition coefficient (Wildman–Crippen LogP) is 3.31. The Morgan fingerprint density at radius 3 is 2.00 bits per heavy atom. The van der Waals surface area contributed by atoms with Gasteiger partial charge in [0.25, 0.3) is 0 Å². The van der Waals surface area contributed by atoms with Gasteiger partial charge in [-0.3, -0.25) is 0 Å². The summed E-state index contributed by atoms with van der Waals surface area (Å²) in [5.74, 6) is 0.421. The molecule has 1 aromatic rings. The molecule has 0 unspecified atom stereocenters. The van der Waals surface area contributed by atoms with E-state index in [1.54, 1.807) is 0 Å². The van der Waals surface area contributed by atoms with Crippen LogP contribution in [0.4, 0.5) is 0 Å². The summed E-state index contributed by atoms with van der Waals surface area (Å²) in [4.78, 5) is 0. The lowest BCUT2D eigenvalue weighted by molar-refractivity contribution is 0.445. The Hall–Kier alpha value is -0.980. The van der Waals surface area contributed by atoms with Crippen LogP contribution in [0.5, 0.6) is 5.75 Å². The third kappa shape index (κ3) is 2.03. The highest BCUT2D eigenvalue weighted by molar-refractivity contribution is 5.45. The second kappa shape index (κ2) is 3.06. The minimum Gasteiger partial charge on any atom is -0.508 e. The van der Waals surface area contributed by atoms with E-state index >= 15 is 0 Å². The second-order valence-electron chi connectivity index (χ2n) is 4.73. The topological polar surface area (TPSA) is 20.2 Å². The van der Waals surface area contributed by atoms with Crippen molar-refractivity contribution in [3.05, 3.63) is 28.8 Å². The summed E-state index contributed by atoms with van der Waals surface area (Å²) in [7, 11) is 0. The first-order valence-corrected chi connectivity index (χ1v) is 4.63. The quantitative estimate of drug-likeness (QED) is 0.646. The SMILES string of the molecule is Cc1cc(C)c(C(C)(C)C)c(O)c1. The Labute approximate surface area is 80.4 Å². The molecule has 0 fully saturated rings. The van der Waals surface area contributed by atoms with Gasteiger partial charge < -0.3 is 5.11 Å². The standard InChI is InChI=1S/C12H18O/c1-8-6-9(2)11(10(13)7-8)12(3,4)5/h6-7,13H,1-5H3. The molecule has 0 amide bonds. The van der Waals surface area contributed by atoms with Crippen LogP contribution in [0, 0.1) is 13.8 Å². The summed E-state index contributed by atoms with van der Waals surface area (Å²) in [6.07, 6.45) is 0. The van der Waals surface area contributed by atoms with E-state index in [0.29, 0.717) is 5.75 Å². The Morgan fingerprint density at radius 2 is 1.62 bits per heavy atom. The number of aryl methyl sites for hydroxylation is 2. The third-order valence-electron chi connectivity index (χ3n) is 2.21. The van der Waals surface area contributed by atoms with Crippen molar-refractivity contribution in [2.75, 3.05) is 0 Å². The van der Waals surface area contributed by atoms with Gasteiger partial charge in [0.15, 0.2) is 0 Å². The van der Waals surface area contributed by atoms with Crippen LogP contribution >= 0.6 is 0 Å². The maximum absolute atomic E-state index is 9.81. The number of hydrogen-bond donors (Lipinski definition) is 1. The maximum Gasteiger partial charge on any atom is 0.119 e. The van der Waals surface area contributed by atoms with Crippen molar-refractivity contribution in [1.82, 2.24) is 0 Å². The van der Waals surface area contributed by atoms with Gasteiger partial charge >= 0.3 is 0 Å². The smallest absolute Gasteiger partial charge is 0.119 e. The van der Waals surface area contributed by atoms with Crippen molar-refractivity contribution in [3.63, 3.8) is 0 Å². The molecule has 1 nitrogen and oxygen atoms in total. The van der Waals surface area contributed by atoms with Gasteiger partial charge in [-0.2, -0.15) is 0 Å². The van der Waals surface area contributed by atoms with Gasteiger partial charge in [-0.25, -0.2) is 0 Å². The summed E-state index contributed by atoms with van der Waals surface area (Å²) in [5.41, 5.74) is 3.35. The van der Waals surface area contributed by atoms with Crippen LogP contribution in [0.3, 0.4) is 0 Å². The predicted molar refractivity (Wildman–Crippen MR) is 56.3 cm³/mol. The van der Waals surface area contributed by atoms with E-state index < -0.39 is 0 Å². The third-order valence-corrected chi connectivity index (χ3v) is 2.21. The van der Waals surface area contributed by atoms with Gasteiger partial charge in [0, 0.05) is 5.56 Å². The number of hydrogen-bond acceptors (Lipinski definition) is 1. The van der Waals surface area contributed by atoms with Crippen LogP contribution in [0.2, 0.25) is 0 Å². The van der Waals surface area contributed by atoms with Crippen molar-refractivity contribution < 1.29 is 5.11 Å². The highest BCUT2D eigenvalue weighted by Crippen LogP contribution is 2.33. The Bertz CT molecular complexity index is 295. The van der Waals surface area contributed by atoms with Gasteiger partial charge in [0.2, 0.25) is 0 Å². The van der Waals surface area contributed by atoms with E-state index in [1.807, 2.05) is 19.9 Å². The molecule has 1 rings (SSSR count). The van der Waals surface area contributed by atoms with Crippen molar-refractivity contribution in [2.24, 2.45) is 0 Å². The molecular weight excluding hydrogens is 160 g/mol. The molecule has 72 valence electrons. The first-order valence-electron chi connectivity index (χ1n) is 4.63. The largest absolute Gasteiger partial charge is 0.508 e. The van der Waals surface area contributed by atoms with Crippen LogP contribution in [-0.2, 0) is 5.41 Å². The zero-order valence-electron chi connectivity index (χ0n) is 9.10. The van der Waals surface area contributed by atoms with E-state index in [4.69, 9.17) is 0 Å². The Kier molecular flexibility index (Phi) is 2.38. The summed E-state index contributed by atoms with van der Waals surface area (Å²) >= 11 is 0. The molecule has 0 heterocycles. The fraction of sp³-hybridized carbons (Fsp3) is 0.500. The lowest BCUT2D eigenvalue weighted by atomic mass is 9.83. The molecule has 0 aromatic heterocycles. The van der Waals surface area contributed by atoms with Crippen LogP contribution < -0.4 is 0 Å². The molecule has 0 saturated carbocycles. The molecule has 1 N–H and O–H groups in total. The van der Waals surface area contributed by atoms with E-state index in [1.165, 1.54) is 5.56 Å². The average Bonchev–Trinajstić information content (AvgIpc) is 1.78. The summed E-state index contributed by atoms with van der Waals surface area (Å²) in [5, 5.41) is 9.81. The van der Waals surface area contributed by atoms with Crippen LogP contribution in [0.25, 0.3) is 0 Å². The van der Waals surface area contributed by atoms with E-state index in [-0.39, 0.29) is 5.41 Å². The number of benzene rings is 1. The molecule has 0 spiro atoms. The first kappa shape index (κ1) is 10.1. The number of phenols is 1. The Morgan fingerprint density at radius 1 is 1.08 bits per heavy atom. The molecule has 0 bridgehead atoms. The number of rotatable bonds is 0. The minimum absolute atomic E-state index is 0.0157. The molecule has 1 heteroatoms. The van der Waals surface area contributed by atoms with Gasteiger partial charge in [-0.15, -0.1) is 0 Å². The molecule has 1 aromatic carbocycles. The van der Waals surface area contributed by atoms with Crippen LogP contribution in [0.15, 0.2) is 12.1 Å². The first-order chi connectivity index (χ1) is 5.82. The van der Waals surface area contributed by atoms with Crippen LogP contribution in [-0.4, -0.2) is 5.11 Å². The summed E-state index contributed by atoms with van der Waals surface area (Å²) in [6, 6.07) is 3.94. The molecule has 0 aliphatic carbocycles. The molecule has 0 atom stereocenters. The van der Waals surface area contributed by atoms with Crippen molar-refractivity contribution in [1.29, 1.82) is 0 Å². The fourth-order valence-electron chi connectivity index (χ4n) is 1.92. The Balaban J connectivity index is 3.38. The van der Waals surface area contributed by atoms with Gasteiger partial charge in [0.05, 0.1) is 0 Å². The second-order valence-corrected chi connectivity index (χ2v) is 4.73. The number of aromatic hydroxyl groups is 1. The molecule has 0 aliphatic heterocycles. The molecule has 0 radical (unpaired) electrons. The summed E-state index contributed by atoms with van der Waals surface area (Å²) < 4.78 is 0. The van der Waals surface area contributed by atoms with Crippen molar-refractivity contribution in [3.8, 4) is 5.75 Å². The van der Waals surface area contributed by atoms with Crippen molar-refractivity contribution >= 4 is 0 Å². The van der Waals surface area contributed by atoms with Crippen molar-refractivity contribution in [2.45, 2.75) is 40.0 Å². The molecular formula is C12H18O. The maximum atomic E-state index is 9.81.